The number of hydrogen-bond donors (Lipinski definition) is 1. The topological polar surface area (TPSA) is 34.2 Å². The predicted molar refractivity (Wildman–Crippen MR) is 82.3 cm³/mol. The minimum Gasteiger partial charge on any atom is -0.481 e. The van der Waals surface area contributed by atoms with E-state index in [1.54, 1.807) is 25.4 Å². The second-order valence-corrected chi connectivity index (χ2v) is 5.02. The molecule has 1 aromatic heterocycles. The molecule has 0 aliphatic heterocycles. The summed E-state index contributed by atoms with van der Waals surface area (Å²) >= 11 is 6.12. The number of methoxy groups -OCH3 is 1. The zero-order valence-corrected chi connectivity index (χ0v) is 12.8. The fourth-order valence-corrected chi connectivity index (χ4v) is 2.55. The molecular weight excluding hydrogens is 291 g/mol. The van der Waals surface area contributed by atoms with Gasteiger partial charge in [-0.05, 0) is 31.2 Å². The number of aromatic nitrogens is 1. The highest BCUT2D eigenvalue weighted by Gasteiger charge is 2.19. The van der Waals surface area contributed by atoms with Crippen molar-refractivity contribution in [2.24, 2.45) is 0 Å². The maximum Gasteiger partial charge on any atom is 0.217 e. The van der Waals surface area contributed by atoms with Crippen molar-refractivity contribution in [1.82, 2.24) is 10.3 Å². The van der Waals surface area contributed by atoms with Crippen LogP contribution in [0.2, 0.25) is 5.02 Å². The molecule has 0 saturated heterocycles. The quantitative estimate of drug-likeness (QED) is 0.882. The number of hydrogen-bond acceptors (Lipinski definition) is 3. The van der Waals surface area contributed by atoms with Gasteiger partial charge in [-0.25, -0.2) is 9.37 Å². The molecule has 1 unspecified atom stereocenters. The fraction of sp³-hybridized carbons (Fsp3) is 0.312. The highest BCUT2D eigenvalue weighted by molar-refractivity contribution is 6.31. The Kier molecular flexibility index (Phi) is 5.53. The summed E-state index contributed by atoms with van der Waals surface area (Å²) in [7, 11) is 1.57. The van der Waals surface area contributed by atoms with E-state index in [2.05, 4.69) is 10.3 Å². The van der Waals surface area contributed by atoms with Crippen molar-refractivity contribution >= 4 is 11.6 Å². The molecule has 0 spiro atoms. The van der Waals surface area contributed by atoms with Crippen LogP contribution in [0, 0.1) is 5.82 Å². The van der Waals surface area contributed by atoms with E-state index in [1.165, 1.54) is 6.07 Å². The predicted octanol–water partition coefficient (Wildman–Crippen LogP) is 3.78. The standard InChI is InChI=1S/C16H18ClFN2O/c1-3-19-15(11-6-5-9-20-16(11)21-2)10-12-13(17)7-4-8-14(12)18/h4-9,15,19H,3,10H2,1-2H3. The molecule has 1 aromatic carbocycles. The van der Waals surface area contributed by atoms with E-state index in [4.69, 9.17) is 16.3 Å². The Morgan fingerprint density at radius 1 is 1.33 bits per heavy atom. The average Bonchev–Trinajstić information content (AvgIpc) is 2.50. The minimum atomic E-state index is -0.298. The van der Waals surface area contributed by atoms with Gasteiger partial charge in [-0.3, -0.25) is 0 Å². The van der Waals surface area contributed by atoms with Crippen LogP contribution in [0.5, 0.6) is 5.88 Å². The number of nitrogens with one attached hydrogen (secondary N) is 1. The van der Waals surface area contributed by atoms with Crippen LogP contribution >= 0.6 is 11.6 Å². The van der Waals surface area contributed by atoms with Crippen molar-refractivity contribution in [3.63, 3.8) is 0 Å². The molecule has 0 saturated carbocycles. The van der Waals surface area contributed by atoms with Crippen molar-refractivity contribution in [3.05, 3.63) is 58.5 Å². The molecule has 2 rings (SSSR count). The Labute approximate surface area is 129 Å². The van der Waals surface area contributed by atoms with E-state index in [0.29, 0.717) is 22.9 Å². The van der Waals surface area contributed by atoms with E-state index in [-0.39, 0.29) is 11.9 Å². The van der Waals surface area contributed by atoms with Crippen molar-refractivity contribution in [2.75, 3.05) is 13.7 Å². The second-order valence-electron chi connectivity index (χ2n) is 4.62. The van der Waals surface area contributed by atoms with Gasteiger partial charge in [0.1, 0.15) is 5.82 Å². The Bertz CT molecular complexity index is 586. The van der Waals surface area contributed by atoms with Crippen molar-refractivity contribution in [1.29, 1.82) is 0 Å². The first-order chi connectivity index (χ1) is 10.2. The number of nitrogens with zero attached hydrogens (tertiary/aromatic N) is 1. The van der Waals surface area contributed by atoms with Gasteiger partial charge in [0.2, 0.25) is 5.88 Å². The summed E-state index contributed by atoms with van der Waals surface area (Å²) < 4.78 is 19.3. The highest BCUT2D eigenvalue weighted by atomic mass is 35.5. The smallest absolute Gasteiger partial charge is 0.217 e. The van der Waals surface area contributed by atoms with Crippen LogP contribution in [0.15, 0.2) is 36.5 Å². The summed E-state index contributed by atoms with van der Waals surface area (Å²) in [4.78, 5) is 4.20. The van der Waals surface area contributed by atoms with Crippen molar-refractivity contribution in [2.45, 2.75) is 19.4 Å². The molecule has 0 fully saturated rings. The van der Waals surface area contributed by atoms with Crippen LogP contribution in [-0.4, -0.2) is 18.6 Å². The number of ether oxygens (including phenoxy) is 1. The van der Waals surface area contributed by atoms with Gasteiger partial charge in [0.15, 0.2) is 0 Å². The van der Waals surface area contributed by atoms with Crippen molar-refractivity contribution < 1.29 is 9.13 Å². The minimum absolute atomic E-state index is 0.118. The van der Waals surface area contributed by atoms with E-state index < -0.39 is 0 Å². The fourth-order valence-electron chi connectivity index (χ4n) is 2.31. The Balaban J connectivity index is 2.35. The van der Waals surface area contributed by atoms with E-state index in [9.17, 15) is 4.39 Å². The van der Waals surface area contributed by atoms with Crippen molar-refractivity contribution in [3.8, 4) is 5.88 Å². The van der Waals surface area contributed by atoms with Gasteiger partial charge in [0, 0.05) is 28.4 Å². The van der Waals surface area contributed by atoms with Crippen LogP contribution in [0.25, 0.3) is 0 Å². The lowest BCUT2D eigenvalue weighted by atomic mass is 9.99. The summed E-state index contributed by atoms with van der Waals surface area (Å²) in [6.45, 7) is 2.74. The van der Waals surface area contributed by atoms with Gasteiger partial charge in [-0.15, -0.1) is 0 Å². The largest absolute Gasteiger partial charge is 0.481 e. The molecule has 1 atom stereocenters. The summed E-state index contributed by atoms with van der Waals surface area (Å²) in [5, 5.41) is 3.76. The van der Waals surface area contributed by atoms with E-state index in [0.717, 1.165) is 12.1 Å². The molecule has 1 N–H and O–H groups in total. The molecule has 1 heterocycles. The zero-order chi connectivity index (χ0) is 15.2. The van der Waals surface area contributed by atoms with E-state index >= 15 is 0 Å². The Morgan fingerprint density at radius 3 is 2.81 bits per heavy atom. The number of rotatable bonds is 6. The van der Waals surface area contributed by atoms with Crippen LogP contribution in [0.1, 0.15) is 24.1 Å². The van der Waals surface area contributed by atoms with Gasteiger partial charge in [0.05, 0.1) is 7.11 Å². The molecule has 0 radical (unpaired) electrons. The monoisotopic (exact) mass is 308 g/mol. The average molecular weight is 309 g/mol. The SMILES string of the molecule is CCNC(Cc1c(F)cccc1Cl)c1cccnc1OC. The van der Waals surface area contributed by atoms with Crippen LogP contribution in [0.3, 0.4) is 0 Å². The van der Waals surface area contributed by atoms with E-state index in [1.807, 2.05) is 19.1 Å². The number of likely N-dealkylation sites (N-methyl/N-ethyl adjacent to an activating group) is 1. The molecule has 0 bridgehead atoms. The van der Waals surface area contributed by atoms with Gasteiger partial charge in [0.25, 0.3) is 0 Å². The summed E-state index contributed by atoms with van der Waals surface area (Å²) in [6, 6.07) is 8.37. The maximum atomic E-state index is 14.0. The van der Waals surface area contributed by atoms with Gasteiger partial charge in [-0.1, -0.05) is 30.7 Å². The maximum absolute atomic E-state index is 14.0. The first-order valence-electron chi connectivity index (χ1n) is 6.82. The molecule has 21 heavy (non-hydrogen) atoms. The lowest BCUT2D eigenvalue weighted by Gasteiger charge is -2.21. The van der Waals surface area contributed by atoms with Gasteiger partial charge < -0.3 is 10.1 Å². The number of pyridine rings is 1. The second kappa shape index (κ2) is 7.38. The molecule has 0 amide bonds. The molecule has 0 aliphatic carbocycles. The van der Waals surface area contributed by atoms with Crippen LogP contribution < -0.4 is 10.1 Å². The third-order valence-corrected chi connectivity index (χ3v) is 3.64. The molecule has 5 heteroatoms. The number of benzene rings is 1. The Morgan fingerprint density at radius 2 is 2.14 bits per heavy atom. The van der Waals surface area contributed by atoms with Crippen LogP contribution in [-0.2, 0) is 6.42 Å². The zero-order valence-electron chi connectivity index (χ0n) is 12.1. The molecule has 0 aliphatic rings. The van der Waals surface area contributed by atoms with Gasteiger partial charge >= 0.3 is 0 Å². The lowest BCUT2D eigenvalue weighted by Crippen LogP contribution is -2.24. The summed E-state index contributed by atoms with van der Waals surface area (Å²) in [5.41, 5.74) is 1.39. The first kappa shape index (κ1) is 15.7. The van der Waals surface area contributed by atoms with Gasteiger partial charge in [-0.2, -0.15) is 0 Å². The third-order valence-electron chi connectivity index (χ3n) is 3.29. The third kappa shape index (κ3) is 3.71. The molecule has 3 nitrogen and oxygen atoms in total. The van der Waals surface area contributed by atoms with Crippen LogP contribution in [0.4, 0.5) is 4.39 Å². The molecule has 112 valence electrons. The molecule has 2 aromatic rings. The normalized spacial score (nSPS) is 12.2. The molecular formula is C16H18ClFN2O. The summed E-state index contributed by atoms with van der Waals surface area (Å²) in [5.74, 6) is 0.240. The summed E-state index contributed by atoms with van der Waals surface area (Å²) in [6.07, 6.45) is 2.10. The number of halogens is 2. The lowest BCUT2D eigenvalue weighted by molar-refractivity contribution is 0.382. The Hall–Kier alpha value is -1.65. The highest BCUT2D eigenvalue weighted by Crippen LogP contribution is 2.29. The first-order valence-corrected chi connectivity index (χ1v) is 7.20.